The molecule has 22 heavy (non-hydrogen) atoms. The molecule has 0 heterocycles. The average molecular weight is 308 g/mol. The lowest BCUT2D eigenvalue weighted by atomic mass is 10.1. The molecule has 2 aromatic rings. The van der Waals surface area contributed by atoms with E-state index in [1.54, 1.807) is 30.3 Å². The van der Waals surface area contributed by atoms with Gasteiger partial charge in [-0.15, -0.1) is 0 Å². The molecule has 0 aliphatic carbocycles. The molecule has 6 heteroatoms. The van der Waals surface area contributed by atoms with Crippen molar-refractivity contribution in [2.45, 2.75) is 12.6 Å². The maximum absolute atomic E-state index is 12.6. The molecule has 0 aliphatic heterocycles. The predicted octanol–water partition coefficient (Wildman–Crippen LogP) is 3.26. The van der Waals surface area contributed by atoms with Gasteiger partial charge in [0.1, 0.15) is 0 Å². The van der Waals surface area contributed by atoms with Crippen molar-refractivity contribution in [3.63, 3.8) is 0 Å². The van der Waals surface area contributed by atoms with E-state index in [4.69, 9.17) is 5.73 Å². The van der Waals surface area contributed by atoms with E-state index in [9.17, 15) is 18.0 Å². The summed E-state index contributed by atoms with van der Waals surface area (Å²) in [7, 11) is 0. The molecule has 0 unspecified atom stereocenters. The Morgan fingerprint density at radius 1 is 1.09 bits per heavy atom. The molecule has 0 saturated carbocycles. The van der Waals surface area contributed by atoms with E-state index in [1.165, 1.54) is 6.07 Å². The molecule has 0 radical (unpaired) electrons. The Morgan fingerprint density at radius 3 is 2.50 bits per heavy atom. The van der Waals surface area contributed by atoms with Gasteiger partial charge in [-0.05, 0) is 30.2 Å². The first-order valence-electron chi connectivity index (χ1n) is 6.67. The third kappa shape index (κ3) is 4.00. The maximum Gasteiger partial charge on any atom is 0.416 e. The molecule has 0 aliphatic rings. The lowest BCUT2D eigenvalue weighted by Crippen LogP contribution is -2.26. The number of nitrogens with one attached hydrogen (secondary N) is 1. The van der Waals surface area contributed by atoms with E-state index in [-0.39, 0.29) is 12.5 Å². The highest BCUT2D eigenvalue weighted by atomic mass is 19.4. The molecule has 3 N–H and O–H groups in total. The van der Waals surface area contributed by atoms with Crippen molar-refractivity contribution < 1.29 is 18.0 Å². The van der Waals surface area contributed by atoms with Gasteiger partial charge in [-0.3, -0.25) is 4.79 Å². The Hall–Kier alpha value is -2.50. The van der Waals surface area contributed by atoms with Gasteiger partial charge in [0.15, 0.2) is 0 Å². The minimum Gasteiger partial charge on any atom is -0.398 e. The molecule has 3 nitrogen and oxygen atoms in total. The van der Waals surface area contributed by atoms with Gasteiger partial charge in [0.25, 0.3) is 5.91 Å². The fourth-order valence-electron chi connectivity index (χ4n) is 2.02. The largest absolute Gasteiger partial charge is 0.416 e. The standard InChI is InChI=1S/C16H15F3N2O/c17-16(18,19)12-5-3-4-11(10-12)8-9-21-15(22)13-6-1-2-7-14(13)20/h1-7,10H,8-9,20H2,(H,21,22). The fraction of sp³-hybridized carbons (Fsp3) is 0.188. The van der Waals surface area contributed by atoms with Gasteiger partial charge >= 0.3 is 6.18 Å². The topological polar surface area (TPSA) is 55.1 Å². The van der Waals surface area contributed by atoms with Gasteiger partial charge in [0.05, 0.1) is 11.1 Å². The molecule has 1 amide bonds. The van der Waals surface area contributed by atoms with E-state index >= 15 is 0 Å². The summed E-state index contributed by atoms with van der Waals surface area (Å²) in [5.74, 6) is -0.343. The first-order chi connectivity index (χ1) is 10.4. The zero-order valence-electron chi connectivity index (χ0n) is 11.7. The van der Waals surface area contributed by atoms with Gasteiger partial charge in [-0.25, -0.2) is 0 Å². The van der Waals surface area contributed by atoms with Crippen LogP contribution in [0.5, 0.6) is 0 Å². The summed E-state index contributed by atoms with van der Waals surface area (Å²) in [5, 5.41) is 2.65. The number of anilines is 1. The third-order valence-corrected chi connectivity index (χ3v) is 3.16. The lowest BCUT2D eigenvalue weighted by Gasteiger charge is -2.10. The highest BCUT2D eigenvalue weighted by Gasteiger charge is 2.30. The van der Waals surface area contributed by atoms with Crippen molar-refractivity contribution in [1.29, 1.82) is 0 Å². The van der Waals surface area contributed by atoms with E-state index < -0.39 is 11.7 Å². The summed E-state index contributed by atoms with van der Waals surface area (Å²) in [6.07, 6.45) is -4.06. The molecule has 2 rings (SSSR count). The average Bonchev–Trinajstić information content (AvgIpc) is 2.47. The Morgan fingerprint density at radius 2 is 1.82 bits per heavy atom. The van der Waals surface area contributed by atoms with E-state index in [2.05, 4.69) is 5.32 Å². The number of amides is 1. The maximum atomic E-state index is 12.6. The summed E-state index contributed by atoms with van der Waals surface area (Å²) in [4.78, 5) is 11.9. The van der Waals surface area contributed by atoms with Gasteiger partial charge in [0.2, 0.25) is 0 Å². The van der Waals surface area contributed by atoms with Crippen LogP contribution < -0.4 is 11.1 Å². The van der Waals surface area contributed by atoms with Crippen LogP contribution in [0.25, 0.3) is 0 Å². The first-order valence-corrected chi connectivity index (χ1v) is 6.67. The zero-order valence-corrected chi connectivity index (χ0v) is 11.7. The van der Waals surface area contributed by atoms with Crippen molar-refractivity contribution in [3.05, 3.63) is 65.2 Å². The second-order valence-electron chi connectivity index (χ2n) is 4.79. The first kappa shape index (κ1) is 15.9. The number of carbonyl (C=O) groups is 1. The Labute approximate surface area is 125 Å². The van der Waals surface area contributed by atoms with Crippen LogP contribution in [0.2, 0.25) is 0 Å². The van der Waals surface area contributed by atoms with Crippen LogP contribution in [0, 0.1) is 0 Å². The highest BCUT2D eigenvalue weighted by molar-refractivity contribution is 5.99. The van der Waals surface area contributed by atoms with Crippen molar-refractivity contribution in [1.82, 2.24) is 5.32 Å². The number of nitrogen functional groups attached to an aromatic ring is 1. The Bertz CT molecular complexity index is 668. The molecule has 0 spiro atoms. The second-order valence-corrected chi connectivity index (χ2v) is 4.79. The second kappa shape index (κ2) is 6.51. The summed E-state index contributed by atoms with van der Waals surface area (Å²) in [6.45, 7) is 0.231. The van der Waals surface area contributed by atoms with Crippen LogP contribution in [0.3, 0.4) is 0 Å². The minimum atomic E-state index is -4.36. The van der Waals surface area contributed by atoms with Crippen LogP contribution in [-0.4, -0.2) is 12.5 Å². The third-order valence-electron chi connectivity index (χ3n) is 3.16. The number of hydrogen-bond donors (Lipinski definition) is 2. The van der Waals surface area contributed by atoms with E-state index in [1.807, 2.05) is 0 Å². The minimum absolute atomic E-state index is 0.231. The quantitative estimate of drug-likeness (QED) is 0.852. The Kier molecular flexibility index (Phi) is 4.70. The van der Waals surface area contributed by atoms with Crippen molar-refractivity contribution >= 4 is 11.6 Å². The fourth-order valence-corrected chi connectivity index (χ4v) is 2.02. The normalized spacial score (nSPS) is 11.2. The van der Waals surface area contributed by atoms with Crippen LogP contribution in [0.4, 0.5) is 18.9 Å². The molecule has 116 valence electrons. The monoisotopic (exact) mass is 308 g/mol. The SMILES string of the molecule is Nc1ccccc1C(=O)NCCc1cccc(C(F)(F)F)c1. The number of benzene rings is 2. The number of carbonyl (C=O) groups excluding carboxylic acids is 1. The molecular formula is C16H15F3N2O. The highest BCUT2D eigenvalue weighted by Crippen LogP contribution is 2.29. The Balaban J connectivity index is 1.94. The molecule has 0 bridgehead atoms. The van der Waals surface area contributed by atoms with Gasteiger partial charge in [-0.1, -0.05) is 30.3 Å². The predicted molar refractivity (Wildman–Crippen MR) is 78.3 cm³/mol. The number of para-hydroxylation sites is 1. The van der Waals surface area contributed by atoms with Crippen molar-refractivity contribution in [2.75, 3.05) is 12.3 Å². The van der Waals surface area contributed by atoms with Gasteiger partial charge < -0.3 is 11.1 Å². The zero-order chi connectivity index (χ0) is 16.2. The summed E-state index contributed by atoms with van der Waals surface area (Å²) in [6, 6.07) is 11.7. The van der Waals surface area contributed by atoms with Crippen LogP contribution >= 0.6 is 0 Å². The molecule has 0 aromatic heterocycles. The van der Waals surface area contributed by atoms with Crippen LogP contribution in [0.15, 0.2) is 48.5 Å². The van der Waals surface area contributed by atoms with E-state index in [0.29, 0.717) is 23.2 Å². The number of nitrogens with two attached hydrogens (primary N) is 1. The van der Waals surface area contributed by atoms with E-state index in [0.717, 1.165) is 12.1 Å². The molecule has 0 fully saturated rings. The molecule has 2 aromatic carbocycles. The summed E-state index contributed by atoms with van der Waals surface area (Å²) < 4.78 is 37.8. The van der Waals surface area contributed by atoms with Crippen molar-refractivity contribution in [2.24, 2.45) is 0 Å². The lowest BCUT2D eigenvalue weighted by molar-refractivity contribution is -0.137. The summed E-state index contributed by atoms with van der Waals surface area (Å²) in [5.41, 5.74) is 6.22. The van der Waals surface area contributed by atoms with Crippen LogP contribution in [-0.2, 0) is 12.6 Å². The smallest absolute Gasteiger partial charge is 0.398 e. The molecule has 0 saturated heterocycles. The molecule has 0 atom stereocenters. The van der Waals surface area contributed by atoms with Crippen molar-refractivity contribution in [3.8, 4) is 0 Å². The van der Waals surface area contributed by atoms with Gasteiger partial charge in [0, 0.05) is 12.2 Å². The molecular weight excluding hydrogens is 293 g/mol. The van der Waals surface area contributed by atoms with Gasteiger partial charge in [-0.2, -0.15) is 13.2 Å². The number of halogens is 3. The van der Waals surface area contributed by atoms with Crippen LogP contribution in [0.1, 0.15) is 21.5 Å². The number of hydrogen-bond acceptors (Lipinski definition) is 2. The summed E-state index contributed by atoms with van der Waals surface area (Å²) >= 11 is 0. The number of alkyl halides is 3. The number of rotatable bonds is 4.